The molecular weight excluding hydrogens is 444 g/mol. The molecule has 172 valence electrons. The molecule has 0 atom stereocenters. The van der Waals surface area contributed by atoms with E-state index in [2.05, 4.69) is 5.32 Å². The Labute approximate surface area is 197 Å². The number of hydrogen-bond acceptors (Lipinski definition) is 5. The Bertz CT molecular complexity index is 1190. The number of hydrogen-bond donors (Lipinski definition) is 1. The van der Waals surface area contributed by atoms with Crippen molar-refractivity contribution in [2.24, 2.45) is 0 Å². The van der Waals surface area contributed by atoms with E-state index in [0.717, 1.165) is 17.0 Å². The lowest BCUT2D eigenvalue weighted by molar-refractivity contribution is -0.141. The second kappa shape index (κ2) is 10.8. The van der Waals surface area contributed by atoms with E-state index < -0.39 is 18.5 Å². The smallest absolute Gasteiger partial charge is 0.325 e. The number of aryl methyl sites for hydroxylation is 1. The molecule has 8 heteroatoms. The van der Waals surface area contributed by atoms with E-state index in [-0.39, 0.29) is 12.3 Å². The zero-order valence-electron chi connectivity index (χ0n) is 18.7. The molecule has 0 aliphatic rings. The first-order valence-corrected chi connectivity index (χ1v) is 10.7. The molecule has 0 aliphatic carbocycles. The van der Waals surface area contributed by atoms with Crippen molar-refractivity contribution in [1.82, 2.24) is 9.88 Å². The molecule has 33 heavy (non-hydrogen) atoms. The van der Waals surface area contributed by atoms with Gasteiger partial charge in [-0.3, -0.25) is 14.4 Å². The number of aromatic nitrogens is 1. The van der Waals surface area contributed by atoms with E-state index in [4.69, 9.17) is 21.1 Å². The van der Waals surface area contributed by atoms with Crippen LogP contribution in [-0.4, -0.2) is 42.5 Å². The predicted molar refractivity (Wildman–Crippen MR) is 125 cm³/mol. The lowest BCUT2D eigenvalue weighted by atomic mass is 10.1. The highest BCUT2D eigenvalue weighted by atomic mass is 35.5. The number of carbonyl (C=O) groups is 3. The zero-order chi connectivity index (χ0) is 24.0. The van der Waals surface area contributed by atoms with Crippen molar-refractivity contribution >= 4 is 29.3 Å². The Balaban J connectivity index is 1.57. The average Bonchev–Trinajstić information content (AvgIpc) is 3.10. The number of nitrogens with zero attached hydrogens (tertiary/aromatic N) is 1. The van der Waals surface area contributed by atoms with Gasteiger partial charge in [0, 0.05) is 28.5 Å². The van der Waals surface area contributed by atoms with Crippen molar-refractivity contribution in [3.05, 3.63) is 87.7 Å². The second-order valence-corrected chi connectivity index (χ2v) is 7.84. The first-order chi connectivity index (χ1) is 15.8. The van der Waals surface area contributed by atoms with Gasteiger partial charge in [-0.05, 0) is 43.7 Å². The van der Waals surface area contributed by atoms with Gasteiger partial charge in [-0.15, -0.1) is 0 Å². The van der Waals surface area contributed by atoms with Crippen LogP contribution in [0, 0.1) is 13.8 Å². The summed E-state index contributed by atoms with van der Waals surface area (Å²) in [7, 11) is 1.46. The van der Waals surface area contributed by atoms with Crippen LogP contribution < -0.4 is 10.1 Å². The quantitative estimate of drug-likeness (QED) is 0.379. The monoisotopic (exact) mass is 468 g/mol. The summed E-state index contributed by atoms with van der Waals surface area (Å²) in [5.41, 5.74) is 3.38. The molecule has 2 aromatic carbocycles. The van der Waals surface area contributed by atoms with Crippen LogP contribution in [0.15, 0.2) is 54.6 Å². The number of rotatable bonds is 9. The van der Waals surface area contributed by atoms with Crippen molar-refractivity contribution < 1.29 is 23.9 Å². The van der Waals surface area contributed by atoms with E-state index >= 15 is 0 Å². The number of methoxy groups -OCH3 is 1. The Hall–Kier alpha value is -3.58. The Morgan fingerprint density at radius 2 is 1.70 bits per heavy atom. The lowest BCUT2D eigenvalue weighted by Crippen LogP contribution is -2.31. The summed E-state index contributed by atoms with van der Waals surface area (Å²) in [6, 6.07) is 16.0. The van der Waals surface area contributed by atoms with Crippen LogP contribution in [0.3, 0.4) is 0 Å². The SMILES string of the molecule is COc1ccccc1C(=O)NCC(=O)OCC(=O)c1cc(C)n(Cc2ccccc2Cl)c1C. The molecule has 1 aromatic heterocycles. The molecular formula is C25H25ClN2O5. The second-order valence-electron chi connectivity index (χ2n) is 7.43. The Kier molecular flexibility index (Phi) is 7.90. The molecule has 0 aliphatic heterocycles. The number of esters is 1. The van der Waals surface area contributed by atoms with E-state index in [1.807, 2.05) is 42.7 Å². The maximum absolute atomic E-state index is 12.7. The van der Waals surface area contributed by atoms with Gasteiger partial charge in [0.2, 0.25) is 5.78 Å². The van der Waals surface area contributed by atoms with Crippen molar-refractivity contribution in [1.29, 1.82) is 0 Å². The van der Waals surface area contributed by atoms with Crippen LogP contribution in [0.25, 0.3) is 0 Å². The number of benzene rings is 2. The number of halogens is 1. The van der Waals surface area contributed by atoms with E-state index in [9.17, 15) is 14.4 Å². The highest BCUT2D eigenvalue weighted by Gasteiger charge is 2.19. The molecule has 0 unspecified atom stereocenters. The van der Waals surface area contributed by atoms with Gasteiger partial charge < -0.3 is 19.4 Å². The summed E-state index contributed by atoms with van der Waals surface area (Å²) in [6.45, 7) is 3.49. The van der Waals surface area contributed by atoms with Crippen LogP contribution in [0.1, 0.15) is 37.7 Å². The fourth-order valence-corrected chi connectivity index (χ4v) is 3.67. The van der Waals surface area contributed by atoms with Crippen molar-refractivity contribution in [2.45, 2.75) is 20.4 Å². The first kappa shape index (κ1) is 24.1. The normalized spacial score (nSPS) is 10.5. The number of amides is 1. The van der Waals surface area contributed by atoms with Crippen molar-refractivity contribution in [3.8, 4) is 5.75 Å². The van der Waals surface area contributed by atoms with E-state index in [1.165, 1.54) is 7.11 Å². The maximum atomic E-state index is 12.7. The minimum absolute atomic E-state index is 0.301. The average molecular weight is 469 g/mol. The minimum Gasteiger partial charge on any atom is -0.496 e. The zero-order valence-corrected chi connectivity index (χ0v) is 19.4. The van der Waals surface area contributed by atoms with Gasteiger partial charge >= 0.3 is 5.97 Å². The third kappa shape index (κ3) is 5.81. The molecule has 3 rings (SSSR count). The van der Waals surface area contributed by atoms with Crippen LogP contribution >= 0.6 is 11.6 Å². The summed E-state index contributed by atoms with van der Waals surface area (Å²) < 4.78 is 12.2. The molecule has 1 N–H and O–H groups in total. The van der Waals surface area contributed by atoms with Gasteiger partial charge in [0.1, 0.15) is 12.3 Å². The van der Waals surface area contributed by atoms with Gasteiger partial charge in [-0.2, -0.15) is 0 Å². The van der Waals surface area contributed by atoms with Crippen LogP contribution in [-0.2, 0) is 16.1 Å². The Morgan fingerprint density at radius 3 is 2.42 bits per heavy atom. The fourth-order valence-electron chi connectivity index (χ4n) is 3.48. The third-order valence-electron chi connectivity index (χ3n) is 5.27. The summed E-state index contributed by atoms with van der Waals surface area (Å²) in [5, 5.41) is 3.13. The number of para-hydroxylation sites is 1. The molecule has 0 fully saturated rings. The predicted octanol–water partition coefficient (Wildman–Crippen LogP) is 3.97. The molecule has 0 saturated heterocycles. The van der Waals surface area contributed by atoms with Crippen molar-refractivity contribution in [2.75, 3.05) is 20.3 Å². The van der Waals surface area contributed by atoms with Crippen LogP contribution in [0.2, 0.25) is 5.02 Å². The molecule has 0 radical (unpaired) electrons. The van der Waals surface area contributed by atoms with Gasteiger partial charge in [0.15, 0.2) is 6.61 Å². The molecule has 7 nitrogen and oxygen atoms in total. The standard InChI is InChI=1S/C25H25ClN2O5/c1-16-12-20(17(2)28(16)14-18-8-4-6-10-21(18)26)22(29)15-33-24(30)13-27-25(31)19-9-5-7-11-23(19)32-3/h4-12H,13-15H2,1-3H3,(H,27,31). The highest BCUT2D eigenvalue weighted by molar-refractivity contribution is 6.31. The number of Topliss-reactive ketones (excluding diaryl/α,β-unsaturated/α-hetero) is 1. The highest BCUT2D eigenvalue weighted by Crippen LogP contribution is 2.22. The summed E-state index contributed by atoms with van der Waals surface area (Å²) >= 11 is 6.27. The largest absolute Gasteiger partial charge is 0.496 e. The minimum atomic E-state index is -0.712. The topological polar surface area (TPSA) is 86.6 Å². The first-order valence-electron chi connectivity index (χ1n) is 10.3. The molecule has 0 bridgehead atoms. The van der Waals surface area contributed by atoms with E-state index in [0.29, 0.717) is 28.4 Å². The number of carbonyl (C=O) groups excluding carboxylic acids is 3. The van der Waals surface area contributed by atoms with Gasteiger partial charge in [-0.25, -0.2) is 0 Å². The molecule has 0 saturated carbocycles. The molecule has 3 aromatic rings. The number of nitrogens with one attached hydrogen (secondary N) is 1. The summed E-state index contributed by atoms with van der Waals surface area (Å²) in [5.74, 6) is -1.11. The van der Waals surface area contributed by atoms with E-state index in [1.54, 1.807) is 30.3 Å². The van der Waals surface area contributed by atoms with Crippen LogP contribution in [0.4, 0.5) is 0 Å². The summed E-state index contributed by atoms with van der Waals surface area (Å²) in [6.07, 6.45) is 0. The number of ketones is 1. The number of ether oxygens (including phenoxy) is 2. The van der Waals surface area contributed by atoms with Crippen LogP contribution in [0.5, 0.6) is 5.75 Å². The fraction of sp³-hybridized carbons (Fsp3) is 0.240. The Morgan fingerprint density at radius 1 is 1.00 bits per heavy atom. The van der Waals surface area contributed by atoms with Gasteiger partial charge in [-0.1, -0.05) is 41.9 Å². The third-order valence-corrected chi connectivity index (χ3v) is 5.64. The lowest BCUT2D eigenvalue weighted by Gasteiger charge is -2.11. The van der Waals surface area contributed by atoms with Crippen molar-refractivity contribution in [3.63, 3.8) is 0 Å². The van der Waals surface area contributed by atoms with Gasteiger partial charge in [0.25, 0.3) is 5.91 Å². The summed E-state index contributed by atoms with van der Waals surface area (Å²) in [4.78, 5) is 37.0. The van der Waals surface area contributed by atoms with Gasteiger partial charge in [0.05, 0.1) is 12.7 Å². The molecule has 0 spiro atoms. The molecule has 1 amide bonds. The molecule has 1 heterocycles. The maximum Gasteiger partial charge on any atom is 0.325 e.